The highest BCUT2D eigenvalue weighted by molar-refractivity contribution is 5.91. The number of hydrogen-bond donors (Lipinski definition) is 3. The van der Waals surface area contributed by atoms with Crippen LogP contribution in [0.5, 0.6) is 0 Å². The molecule has 9 nitrogen and oxygen atoms in total. The molecule has 0 bridgehead atoms. The molecule has 1 fully saturated rings. The fourth-order valence-corrected chi connectivity index (χ4v) is 2.15. The molecule has 0 aromatic carbocycles. The number of hydrogen-bond acceptors (Lipinski definition) is 6. The molecule has 0 spiro atoms. The largest absolute Gasteiger partial charge is 0.480 e. The van der Waals surface area contributed by atoms with Crippen LogP contribution < -0.4 is 10.6 Å². The smallest absolute Gasteiger partial charge is 0.325 e. The Morgan fingerprint density at radius 1 is 1.38 bits per heavy atom. The first kappa shape index (κ1) is 15.4. The van der Waals surface area contributed by atoms with Gasteiger partial charge in [0.1, 0.15) is 6.54 Å². The van der Waals surface area contributed by atoms with Gasteiger partial charge in [-0.15, -0.1) is 5.10 Å². The highest BCUT2D eigenvalue weighted by atomic mass is 16.4. The van der Waals surface area contributed by atoms with Crippen molar-refractivity contribution in [1.29, 1.82) is 0 Å². The van der Waals surface area contributed by atoms with Gasteiger partial charge >= 0.3 is 5.97 Å². The number of carbonyl (C=O) groups is 2. The van der Waals surface area contributed by atoms with Crippen molar-refractivity contribution in [3.05, 3.63) is 11.9 Å². The van der Waals surface area contributed by atoms with Crippen LogP contribution in [-0.4, -0.2) is 76.1 Å². The third-order valence-electron chi connectivity index (χ3n) is 3.21. The standard InChI is InChI=1S/C12H20N6O3/c19-11(20)9-18-8-10(15-16-18)12(21)14-2-1-5-17-6-3-13-4-7-17/h8,13H,1-7,9H2,(H,14,21)(H,19,20). The Balaban J connectivity index is 1.66. The number of nitrogens with zero attached hydrogens (tertiary/aromatic N) is 4. The minimum absolute atomic E-state index is 0.137. The lowest BCUT2D eigenvalue weighted by Crippen LogP contribution is -2.44. The number of carboxylic acid groups (broad SMARTS) is 1. The fourth-order valence-electron chi connectivity index (χ4n) is 2.15. The van der Waals surface area contributed by atoms with Crippen molar-refractivity contribution in [1.82, 2.24) is 30.5 Å². The van der Waals surface area contributed by atoms with Gasteiger partial charge in [0.2, 0.25) is 0 Å². The molecule has 1 saturated heterocycles. The van der Waals surface area contributed by atoms with Crippen LogP contribution in [0.25, 0.3) is 0 Å². The van der Waals surface area contributed by atoms with Crippen molar-refractivity contribution >= 4 is 11.9 Å². The number of nitrogens with one attached hydrogen (secondary N) is 2. The molecule has 0 aliphatic carbocycles. The van der Waals surface area contributed by atoms with Crippen LogP contribution in [0.2, 0.25) is 0 Å². The van der Waals surface area contributed by atoms with Gasteiger partial charge in [-0.3, -0.25) is 9.59 Å². The van der Waals surface area contributed by atoms with Crippen molar-refractivity contribution in [2.75, 3.05) is 39.3 Å². The lowest BCUT2D eigenvalue weighted by atomic mass is 10.3. The third-order valence-corrected chi connectivity index (χ3v) is 3.21. The van der Waals surface area contributed by atoms with Gasteiger partial charge < -0.3 is 20.6 Å². The van der Waals surface area contributed by atoms with Crippen LogP contribution in [0, 0.1) is 0 Å². The Hall–Kier alpha value is -2.00. The summed E-state index contributed by atoms with van der Waals surface area (Å²) in [6.45, 7) is 5.32. The zero-order chi connectivity index (χ0) is 15.1. The van der Waals surface area contributed by atoms with Crippen LogP contribution in [0.1, 0.15) is 16.9 Å². The SMILES string of the molecule is O=C(O)Cn1cc(C(=O)NCCCN2CCNCC2)nn1. The second-order valence-corrected chi connectivity index (χ2v) is 4.90. The molecule has 9 heteroatoms. The first-order valence-electron chi connectivity index (χ1n) is 6.98. The Morgan fingerprint density at radius 3 is 2.86 bits per heavy atom. The van der Waals surface area contributed by atoms with Crippen LogP contribution in [0.15, 0.2) is 6.20 Å². The van der Waals surface area contributed by atoms with Crippen LogP contribution in [-0.2, 0) is 11.3 Å². The van der Waals surface area contributed by atoms with E-state index in [0.29, 0.717) is 6.54 Å². The van der Waals surface area contributed by atoms with Crippen LogP contribution in [0.3, 0.4) is 0 Å². The minimum atomic E-state index is -1.03. The fraction of sp³-hybridized carbons (Fsp3) is 0.667. The molecule has 1 aliphatic rings. The molecule has 2 heterocycles. The van der Waals surface area contributed by atoms with Gasteiger partial charge in [-0.25, -0.2) is 4.68 Å². The van der Waals surface area contributed by atoms with Gasteiger partial charge in [0, 0.05) is 32.7 Å². The lowest BCUT2D eigenvalue weighted by Gasteiger charge is -2.26. The topological polar surface area (TPSA) is 112 Å². The van der Waals surface area contributed by atoms with Crippen LogP contribution >= 0.6 is 0 Å². The average molecular weight is 296 g/mol. The summed E-state index contributed by atoms with van der Waals surface area (Å²) in [5, 5.41) is 21.9. The number of piperazine rings is 1. The number of aromatic nitrogens is 3. The second-order valence-electron chi connectivity index (χ2n) is 4.90. The molecular weight excluding hydrogens is 276 g/mol. The molecule has 1 aromatic rings. The molecule has 116 valence electrons. The summed E-state index contributed by atoms with van der Waals surface area (Å²) in [4.78, 5) is 24.7. The third kappa shape index (κ3) is 5.12. The Kier molecular flexibility index (Phi) is 5.64. The molecule has 0 radical (unpaired) electrons. The molecule has 0 atom stereocenters. The zero-order valence-electron chi connectivity index (χ0n) is 11.8. The minimum Gasteiger partial charge on any atom is -0.480 e. The van der Waals surface area contributed by atoms with E-state index in [1.165, 1.54) is 6.20 Å². The molecule has 21 heavy (non-hydrogen) atoms. The monoisotopic (exact) mass is 296 g/mol. The van der Waals surface area contributed by atoms with Gasteiger partial charge in [-0.1, -0.05) is 5.21 Å². The first-order valence-corrected chi connectivity index (χ1v) is 6.98. The summed E-state index contributed by atoms with van der Waals surface area (Å²) in [6, 6.07) is 0. The van der Waals surface area contributed by atoms with E-state index in [-0.39, 0.29) is 18.1 Å². The zero-order valence-corrected chi connectivity index (χ0v) is 11.8. The molecular formula is C12H20N6O3. The van der Waals surface area contributed by atoms with Gasteiger partial charge in [0.15, 0.2) is 5.69 Å². The lowest BCUT2D eigenvalue weighted by molar-refractivity contribution is -0.137. The molecule has 2 rings (SSSR count). The summed E-state index contributed by atoms with van der Waals surface area (Å²) in [6.07, 6.45) is 2.20. The van der Waals surface area contributed by atoms with E-state index < -0.39 is 5.97 Å². The molecule has 1 amide bonds. The normalized spacial score (nSPS) is 15.8. The van der Waals surface area contributed by atoms with Crippen molar-refractivity contribution < 1.29 is 14.7 Å². The van der Waals surface area contributed by atoms with Crippen molar-refractivity contribution in [2.24, 2.45) is 0 Å². The van der Waals surface area contributed by atoms with E-state index >= 15 is 0 Å². The predicted molar refractivity (Wildman–Crippen MR) is 73.9 cm³/mol. The summed E-state index contributed by atoms with van der Waals surface area (Å²) < 4.78 is 1.12. The molecule has 3 N–H and O–H groups in total. The number of amides is 1. The van der Waals surface area contributed by atoms with E-state index in [2.05, 4.69) is 25.8 Å². The maximum absolute atomic E-state index is 11.8. The van der Waals surface area contributed by atoms with Crippen LogP contribution in [0.4, 0.5) is 0 Å². The van der Waals surface area contributed by atoms with Gasteiger partial charge in [0.25, 0.3) is 5.91 Å². The maximum Gasteiger partial charge on any atom is 0.325 e. The van der Waals surface area contributed by atoms with Gasteiger partial charge in [-0.05, 0) is 13.0 Å². The summed E-state index contributed by atoms with van der Waals surface area (Å²) >= 11 is 0. The summed E-state index contributed by atoms with van der Waals surface area (Å²) in [7, 11) is 0. The maximum atomic E-state index is 11.8. The molecule has 0 unspecified atom stereocenters. The summed E-state index contributed by atoms with van der Waals surface area (Å²) in [5.74, 6) is -1.35. The van der Waals surface area contributed by atoms with Gasteiger partial charge in [0.05, 0.1) is 6.20 Å². The number of rotatable bonds is 7. The molecule has 1 aliphatic heterocycles. The van der Waals surface area contributed by atoms with Crippen molar-refractivity contribution in [3.8, 4) is 0 Å². The Labute approximate surface area is 122 Å². The highest BCUT2D eigenvalue weighted by Crippen LogP contribution is 1.96. The molecule has 1 aromatic heterocycles. The van der Waals surface area contributed by atoms with Crippen molar-refractivity contribution in [2.45, 2.75) is 13.0 Å². The van der Waals surface area contributed by atoms with E-state index in [9.17, 15) is 9.59 Å². The number of aliphatic carboxylic acids is 1. The van der Waals surface area contributed by atoms with E-state index in [1.807, 2.05) is 0 Å². The van der Waals surface area contributed by atoms with Gasteiger partial charge in [-0.2, -0.15) is 0 Å². The van der Waals surface area contributed by atoms with Crippen molar-refractivity contribution in [3.63, 3.8) is 0 Å². The Bertz CT molecular complexity index is 483. The first-order chi connectivity index (χ1) is 10.1. The highest BCUT2D eigenvalue weighted by Gasteiger charge is 2.12. The summed E-state index contributed by atoms with van der Waals surface area (Å²) in [5.41, 5.74) is 0.137. The number of carboxylic acids is 1. The predicted octanol–water partition coefficient (Wildman–Crippen LogP) is -1.61. The average Bonchev–Trinajstić information content (AvgIpc) is 2.92. The molecule has 0 saturated carbocycles. The Morgan fingerprint density at radius 2 is 2.14 bits per heavy atom. The van der Waals surface area contributed by atoms with E-state index in [1.54, 1.807) is 0 Å². The number of carbonyl (C=O) groups excluding carboxylic acids is 1. The second kappa shape index (κ2) is 7.70. The van der Waals surface area contributed by atoms with E-state index in [0.717, 1.165) is 43.8 Å². The quantitative estimate of drug-likeness (QED) is 0.519. The van der Waals surface area contributed by atoms with E-state index in [4.69, 9.17) is 5.11 Å².